The van der Waals surface area contributed by atoms with Crippen LogP contribution in [0.2, 0.25) is 0 Å². The summed E-state index contributed by atoms with van der Waals surface area (Å²) >= 11 is 0. The van der Waals surface area contributed by atoms with E-state index in [1.165, 1.54) is 4.31 Å². The zero-order valence-corrected chi connectivity index (χ0v) is 13.5. The van der Waals surface area contributed by atoms with Gasteiger partial charge in [0, 0.05) is 25.4 Å². The number of anilines is 1. The van der Waals surface area contributed by atoms with Crippen molar-refractivity contribution in [2.75, 3.05) is 25.4 Å². The average molecular weight is 312 g/mol. The Morgan fingerprint density at radius 3 is 2.86 bits per heavy atom. The van der Waals surface area contributed by atoms with Crippen LogP contribution >= 0.6 is 0 Å². The monoisotopic (exact) mass is 312 g/mol. The van der Waals surface area contributed by atoms with Crippen molar-refractivity contribution in [3.05, 3.63) is 23.8 Å². The van der Waals surface area contributed by atoms with E-state index in [-0.39, 0.29) is 11.0 Å². The van der Waals surface area contributed by atoms with Gasteiger partial charge in [-0.2, -0.15) is 4.31 Å². The number of aryl methyl sites for hydroxylation is 1. The lowest BCUT2D eigenvalue weighted by molar-refractivity contribution is 0.0193. The van der Waals surface area contributed by atoms with E-state index in [9.17, 15) is 8.42 Å². The lowest BCUT2D eigenvalue weighted by atomic mass is 10.1. The van der Waals surface area contributed by atoms with Gasteiger partial charge in [0.15, 0.2) is 0 Å². The Labute approximate surface area is 127 Å². The van der Waals surface area contributed by atoms with Crippen LogP contribution in [-0.4, -0.2) is 38.5 Å². The minimum Gasteiger partial charge on any atom is -0.398 e. The first kappa shape index (κ1) is 16.3. The highest BCUT2D eigenvalue weighted by Crippen LogP contribution is 2.24. The van der Waals surface area contributed by atoms with Gasteiger partial charge >= 0.3 is 0 Å². The first-order valence-corrected chi connectivity index (χ1v) is 8.87. The van der Waals surface area contributed by atoms with Gasteiger partial charge in [0.25, 0.3) is 0 Å². The van der Waals surface area contributed by atoms with Crippen molar-refractivity contribution >= 4 is 15.7 Å². The third-order valence-electron chi connectivity index (χ3n) is 3.79. The van der Waals surface area contributed by atoms with Crippen molar-refractivity contribution in [3.63, 3.8) is 0 Å². The third kappa shape index (κ3) is 3.75. The highest BCUT2D eigenvalue weighted by molar-refractivity contribution is 7.89. The van der Waals surface area contributed by atoms with Gasteiger partial charge in [-0.25, -0.2) is 8.42 Å². The van der Waals surface area contributed by atoms with E-state index in [0.29, 0.717) is 25.4 Å². The molecule has 1 aromatic carbocycles. The summed E-state index contributed by atoms with van der Waals surface area (Å²) in [6, 6.07) is 4.91. The highest BCUT2D eigenvalue weighted by Gasteiger charge is 2.30. The first-order valence-electron chi connectivity index (χ1n) is 7.43. The van der Waals surface area contributed by atoms with Crippen LogP contribution < -0.4 is 5.73 Å². The number of nitrogen functional groups attached to an aromatic ring is 1. The van der Waals surface area contributed by atoms with Gasteiger partial charge in [0.1, 0.15) is 0 Å². The summed E-state index contributed by atoms with van der Waals surface area (Å²) in [5.74, 6) is 0. The van der Waals surface area contributed by atoms with Crippen molar-refractivity contribution < 1.29 is 13.2 Å². The molecule has 1 unspecified atom stereocenters. The highest BCUT2D eigenvalue weighted by atomic mass is 32.2. The molecule has 0 saturated carbocycles. The standard InChI is InChI=1S/C15H24N2O3S/c1-3-9-20-13-5-4-8-17(11-13)21(18,19)14-7-6-12(2)15(16)10-14/h6-7,10,13H,3-5,8-9,11,16H2,1-2H3. The molecule has 2 N–H and O–H groups in total. The van der Waals surface area contributed by atoms with Crippen molar-refractivity contribution in [1.82, 2.24) is 4.31 Å². The number of nitrogens with two attached hydrogens (primary N) is 1. The molecule has 1 fully saturated rings. The Morgan fingerprint density at radius 1 is 1.43 bits per heavy atom. The molecule has 1 saturated heterocycles. The number of hydrogen-bond acceptors (Lipinski definition) is 4. The van der Waals surface area contributed by atoms with Crippen LogP contribution in [0.15, 0.2) is 23.1 Å². The van der Waals surface area contributed by atoms with E-state index in [0.717, 1.165) is 24.8 Å². The minimum absolute atomic E-state index is 0.00345. The molecule has 2 rings (SSSR count). The molecule has 6 heteroatoms. The number of ether oxygens (including phenoxy) is 1. The third-order valence-corrected chi connectivity index (χ3v) is 5.65. The molecule has 0 bridgehead atoms. The molecular weight excluding hydrogens is 288 g/mol. The maximum Gasteiger partial charge on any atom is 0.243 e. The zero-order valence-electron chi connectivity index (χ0n) is 12.7. The fourth-order valence-corrected chi connectivity index (χ4v) is 4.02. The van der Waals surface area contributed by atoms with Crippen molar-refractivity contribution in [2.24, 2.45) is 0 Å². The van der Waals surface area contributed by atoms with Crippen LogP contribution in [0.5, 0.6) is 0 Å². The fraction of sp³-hybridized carbons (Fsp3) is 0.600. The number of rotatable bonds is 5. The molecule has 1 aliphatic heterocycles. The quantitative estimate of drug-likeness (QED) is 0.846. The maximum atomic E-state index is 12.7. The van der Waals surface area contributed by atoms with E-state index < -0.39 is 10.0 Å². The predicted molar refractivity (Wildman–Crippen MR) is 83.6 cm³/mol. The van der Waals surface area contributed by atoms with E-state index in [2.05, 4.69) is 0 Å². The molecule has 1 aromatic rings. The molecule has 0 spiro atoms. The van der Waals surface area contributed by atoms with Crippen LogP contribution in [0.4, 0.5) is 5.69 Å². The average Bonchev–Trinajstić information content (AvgIpc) is 2.48. The molecule has 0 aliphatic carbocycles. The smallest absolute Gasteiger partial charge is 0.243 e. The summed E-state index contributed by atoms with van der Waals surface area (Å²) in [5, 5.41) is 0. The summed E-state index contributed by atoms with van der Waals surface area (Å²) in [4.78, 5) is 0.266. The van der Waals surface area contributed by atoms with Gasteiger partial charge in [-0.1, -0.05) is 13.0 Å². The maximum absolute atomic E-state index is 12.7. The van der Waals surface area contributed by atoms with Crippen molar-refractivity contribution in [2.45, 2.75) is 44.1 Å². The van der Waals surface area contributed by atoms with Gasteiger partial charge in [-0.05, 0) is 43.9 Å². The van der Waals surface area contributed by atoms with Gasteiger partial charge in [-0.3, -0.25) is 0 Å². The largest absolute Gasteiger partial charge is 0.398 e. The molecule has 1 heterocycles. The first-order chi connectivity index (χ1) is 9.95. The van der Waals surface area contributed by atoms with E-state index in [4.69, 9.17) is 10.5 Å². The van der Waals surface area contributed by atoms with E-state index in [1.807, 2.05) is 13.8 Å². The number of benzene rings is 1. The number of sulfonamides is 1. The second kappa shape index (κ2) is 6.77. The molecule has 1 atom stereocenters. The van der Waals surface area contributed by atoms with Crippen LogP contribution in [0, 0.1) is 6.92 Å². The SMILES string of the molecule is CCCOC1CCCN(S(=O)(=O)c2ccc(C)c(N)c2)C1. The lowest BCUT2D eigenvalue weighted by Crippen LogP contribution is -2.43. The lowest BCUT2D eigenvalue weighted by Gasteiger charge is -2.31. The molecule has 0 amide bonds. The number of hydrogen-bond donors (Lipinski definition) is 1. The van der Waals surface area contributed by atoms with E-state index in [1.54, 1.807) is 18.2 Å². The van der Waals surface area contributed by atoms with Crippen molar-refractivity contribution in [1.29, 1.82) is 0 Å². The summed E-state index contributed by atoms with van der Waals surface area (Å²) in [6.45, 7) is 5.56. The Kier molecular flexibility index (Phi) is 5.24. The Morgan fingerprint density at radius 2 is 2.19 bits per heavy atom. The Hall–Kier alpha value is -1.11. The second-order valence-corrected chi connectivity index (χ2v) is 7.45. The van der Waals surface area contributed by atoms with Gasteiger partial charge in [-0.15, -0.1) is 0 Å². The van der Waals surface area contributed by atoms with Crippen molar-refractivity contribution in [3.8, 4) is 0 Å². The number of piperidine rings is 1. The van der Waals surface area contributed by atoms with Gasteiger partial charge < -0.3 is 10.5 Å². The normalized spacial score (nSPS) is 20.6. The predicted octanol–water partition coefficient (Wildman–Crippen LogP) is 2.16. The molecule has 5 nitrogen and oxygen atoms in total. The molecule has 0 aromatic heterocycles. The molecular formula is C15H24N2O3S. The molecule has 0 radical (unpaired) electrons. The summed E-state index contributed by atoms with van der Waals surface area (Å²) in [5.41, 5.74) is 7.22. The Bertz CT molecular complexity index is 587. The van der Waals surface area contributed by atoms with Crippen LogP contribution in [0.3, 0.4) is 0 Å². The van der Waals surface area contributed by atoms with Crippen LogP contribution in [0.1, 0.15) is 31.7 Å². The summed E-state index contributed by atoms with van der Waals surface area (Å²) in [6.07, 6.45) is 2.69. The van der Waals surface area contributed by atoms with Crippen LogP contribution in [0.25, 0.3) is 0 Å². The summed E-state index contributed by atoms with van der Waals surface area (Å²) in [7, 11) is -3.49. The fourth-order valence-electron chi connectivity index (χ4n) is 2.47. The number of nitrogens with zero attached hydrogens (tertiary/aromatic N) is 1. The van der Waals surface area contributed by atoms with E-state index >= 15 is 0 Å². The molecule has 118 valence electrons. The topological polar surface area (TPSA) is 72.6 Å². The van der Waals surface area contributed by atoms with Gasteiger partial charge in [0.05, 0.1) is 11.0 Å². The molecule has 1 aliphatic rings. The van der Waals surface area contributed by atoms with Crippen LogP contribution in [-0.2, 0) is 14.8 Å². The minimum atomic E-state index is -3.49. The second-order valence-electron chi connectivity index (χ2n) is 5.52. The van der Waals surface area contributed by atoms with Gasteiger partial charge in [0.2, 0.25) is 10.0 Å². The summed E-state index contributed by atoms with van der Waals surface area (Å²) < 4.78 is 32.6. The molecule has 21 heavy (non-hydrogen) atoms. The Balaban J connectivity index is 2.16. The zero-order chi connectivity index (χ0) is 15.5.